The van der Waals surface area contributed by atoms with Gasteiger partial charge in [-0.05, 0) is 13.3 Å². The molecule has 3 rings (SSSR count). The van der Waals surface area contributed by atoms with E-state index in [1.165, 1.54) is 0 Å². The molecule has 2 aliphatic rings. The fourth-order valence-corrected chi connectivity index (χ4v) is 3.50. The Labute approximate surface area is 155 Å². The van der Waals surface area contributed by atoms with Gasteiger partial charge in [-0.15, -0.1) is 0 Å². The number of halogens is 1. The summed E-state index contributed by atoms with van der Waals surface area (Å²) in [6.07, 6.45) is -0.385. The van der Waals surface area contributed by atoms with Crippen LogP contribution < -0.4 is 0 Å². The molecule has 1 fully saturated rings. The van der Waals surface area contributed by atoms with E-state index >= 15 is 0 Å². The van der Waals surface area contributed by atoms with Crippen molar-refractivity contribution in [2.45, 2.75) is 63.4 Å². The molecule has 3 N–H and O–H groups in total. The lowest BCUT2D eigenvalue weighted by Gasteiger charge is -2.17. The van der Waals surface area contributed by atoms with Crippen LogP contribution in [0.2, 0.25) is 5.02 Å². The number of cyclic esters (lactones) is 1. The molecule has 0 aliphatic carbocycles. The molecule has 0 bridgehead atoms. The van der Waals surface area contributed by atoms with Crippen LogP contribution in [0.15, 0.2) is 6.07 Å². The summed E-state index contributed by atoms with van der Waals surface area (Å²) in [4.78, 5) is 24.8. The predicted molar refractivity (Wildman–Crippen MR) is 91.5 cm³/mol. The van der Waals surface area contributed by atoms with E-state index in [0.717, 1.165) is 6.07 Å². The Kier molecular flexibility index (Phi) is 5.41. The van der Waals surface area contributed by atoms with E-state index in [2.05, 4.69) is 0 Å². The Morgan fingerprint density at radius 3 is 2.58 bits per heavy atom. The Hall–Kier alpha value is -1.83. The smallest absolute Gasteiger partial charge is 0.342 e. The minimum Gasteiger partial charge on any atom is -0.507 e. The van der Waals surface area contributed by atoms with E-state index in [9.17, 15) is 24.9 Å². The molecule has 7 nitrogen and oxygen atoms in total. The monoisotopic (exact) mass is 384 g/mol. The molecule has 1 aromatic carbocycles. The lowest BCUT2D eigenvalue weighted by Crippen LogP contribution is -2.21. The molecule has 8 heteroatoms. The second-order valence-corrected chi connectivity index (χ2v) is 7.27. The summed E-state index contributed by atoms with van der Waals surface area (Å²) < 4.78 is 10.8. The number of benzene rings is 1. The average molecular weight is 385 g/mol. The normalized spacial score (nSPS) is 30.0. The summed E-state index contributed by atoms with van der Waals surface area (Å²) in [6.45, 7) is 1.70. The highest BCUT2D eigenvalue weighted by Crippen LogP contribution is 2.38. The first-order valence-electron chi connectivity index (χ1n) is 8.55. The van der Waals surface area contributed by atoms with Gasteiger partial charge in [0.25, 0.3) is 0 Å². The van der Waals surface area contributed by atoms with Crippen molar-refractivity contribution < 1.29 is 34.4 Å². The van der Waals surface area contributed by atoms with Crippen molar-refractivity contribution in [1.29, 1.82) is 0 Å². The van der Waals surface area contributed by atoms with Crippen LogP contribution in [0.1, 0.15) is 48.5 Å². The van der Waals surface area contributed by atoms with Crippen LogP contribution in [-0.2, 0) is 20.7 Å². The summed E-state index contributed by atoms with van der Waals surface area (Å²) in [5.41, 5.74) is -0.197. The van der Waals surface area contributed by atoms with Crippen LogP contribution in [0.3, 0.4) is 0 Å². The number of fused-ring (bicyclic) bond motifs is 2. The number of rotatable bonds is 0. The maximum absolute atomic E-state index is 12.5. The van der Waals surface area contributed by atoms with Gasteiger partial charge in [0.2, 0.25) is 0 Å². The standard InChI is InChI=1S/C18H21ClO7/c1-8-4-14-15(26-14)6-10(21)3-2-9(20)5-11-16(18(24)25-8)12(22)7-13(23)17(11)19/h7-8,10,14-15,21-23H,2-6H2,1H3/t8-,10?,14+,15-/m1/s1. The SMILES string of the molecule is C[C@@H]1C[C@@H]2O[C@@H]2CC(O)CCC(=O)Cc2c(Cl)c(O)cc(O)c2C(=O)O1. The molecule has 0 aromatic heterocycles. The molecular weight excluding hydrogens is 364 g/mol. The highest BCUT2D eigenvalue weighted by molar-refractivity contribution is 6.33. The number of Topliss-reactive ketones (excluding diaryl/α,β-unsaturated/α-hetero) is 1. The molecule has 0 amide bonds. The zero-order valence-electron chi connectivity index (χ0n) is 14.3. The van der Waals surface area contributed by atoms with Gasteiger partial charge in [-0.25, -0.2) is 4.79 Å². The number of aliphatic hydroxyl groups is 1. The van der Waals surface area contributed by atoms with Crippen molar-refractivity contribution >= 4 is 23.4 Å². The average Bonchev–Trinajstić information content (AvgIpc) is 3.26. The van der Waals surface area contributed by atoms with Gasteiger partial charge in [-0.2, -0.15) is 0 Å². The van der Waals surface area contributed by atoms with Gasteiger partial charge in [-0.3, -0.25) is 4.79 Å². The van der Waals surface area contributed by atoms with Crippen molar-refractivity contribution in [1.82, 2.24) is 0 Å². The van der Waals surface area contributed by atoms with Crippen molar-refractivity contribution in [2.24, 2.45) is 0 Å². The molecule has 0 radical (unpaired) electrons. The van der Waals surface area contributed by atoms with Crippen molar-refractivity contribution in [3.8, 4) is 11.5 Å². The largest absolute Gasteiger partial charge is 0.507 e. The molecule has 0 spiro atoms. The highest BCUT2D eigenvalue weighted by atomic mass is 35.5. The van der Waals surface area contributed by atoms with Crippen LogP contribution >= 0.6 is 11.6 Å². The van der Waals surface area contributed by atoms with Crippen LogP contribution in [0, 0.1) is 0 Å². The molecule has 1 saturated heterocycles. The molecule has 1 aromatic rings. The number of hydrogen-bond donors (Lipinski definition) is 3. The number of esters is 1. The van der Waals surface area contributed by atoms with Gasteiger partial charge in [0.15, 0.2) is 0 Å². The van der Waals surface area contributed by atoms with Crippen LogP contribution in [0.5, 0.6) is 11.5 Å². The molecule has 2 heterocycles. The summed E-state index contributed by atoms with van der Waals surface area (Å²) in [5, 5.41) is 29.8. The third-order valence-electron chi connectivity index (χ3n) is 4.72. The van der Waals surface area contributed by atoms with E-state index in [1.807, 2.05) is 0 Å². The van der Waals surface area contributed by atoms with E-state index in [1.54, 1.807) is 6.92 Å². The Morgan fingerprint density at radius 1 is 1.15 bits per heavy atom. The van der Waals surface area contributed by atoms with Crippen molar-refractivity contribution in [3.63, 3.8) is 0 Å². The summed E-state index contributed by atoms with van der Waals surface area (Å²) in [6, 6.07) is 0.949. The zero-order valence-corrected chi connectivity index (χ0v) is 15.0. The minimum atomic E-state index is -0.811. The summed E-state index contributed by atoms with van der Waals surface area (Å²) >= 11 is 6.07. The van der Waals surface area contributed by atoms with Gasteiger partial charge in [0, 0.05) is 37.3 Å². The number of ether oxygens (including phenoxy) is 2. The maximum Gasteiger partial charge on any atom is 0.342 e. The second kappa shape index (κ2) is 7.42. The second-order valence-electron chi connectivity index (χ2n) is 6.89. The first kappa shape index (κ1) is 18.9. The molecule has 142 valence electrons. The van der Waals surface area contributed by atoms with Crippen LogP contribution in [-0.4, -0.2) is 51.5 Å². The van der Waals surface area contributed by atoms with E-state index in [4.69, 9.17) is 21.1 Å². The quantitative estimate of drug-likeness (QED) is 0.463. The number of aromatic hydroxyl groups is 2. The van der Waals surface area contributed by atoms with E-state index in [-0.39, 0.29) is 53.4 Å². The van der Waals surface area contributed by atoms with Gasteiger partial charge >= 0.3 is 5.97 Å². The highest BCUT2D eigenvalue weighted by Gasteiger charge is 2.41. The lowest BCUT2D eigenvalue weighted by molar-refractivity contribution is -0.119. The van der Waals surface area contributed by atoms with Crippen molar-refractivity contribution in [3.05, 3.63) is 22.2 Å². The predicted octanol–water partition coefficient (Wildman–Crippen LogP) is 2.11. The fourth-order valence-electron chi connectivity index (χ4n) is 3.29. The first-order valence-corrected chi connectivity index (χ1v) is 8.93. The molecule has 2 aliphatic heterocycles. The third-order valence-corrected chi connectivity index (χ3v) is 5.14. The Balaban J connectivity index is 1.94. The van der Waals surface area contributed by atoms with Crippen molar-refractivity contribution in [2.75, 3.05) is 0 Å². The van der Waals surface area contributed by atoms with Gasteiger partial charge in [-0.1, -0.05) is 11.6 Å². The molecule has 1 unspecified atom stereocenters. The molecular formula is C18H21ClO7. The number of hydrogen-bond acceptors (Lipinski definition) is 7. The summed E-state index contributed by atoms with van der Waals surface area (Å²) in [7, 11) is 0. The first-order chi connectivity index (χ1) is 12.3. The lowest BCUT2D eigenvalue weighted by atomic mass is 9.96. The maximum atomic E-state index is 12.5. The fraction of sp³-hybridized carbons (Fsp3) is 0.556. The molecule has 26 heavy (non-hydrogen) atoms. The van der Waals surface area contributed by atoms with E-state index < -0.39 is 29.7 Å². The zero-order chi connectivity index (χ0) is 19.0. The van der Waals surface area contributed by atoms with Crippen LogP contribution in [0.4, 0.5) is 0 Å². The number of phenols is 2. The molecule has 0 saturated carbocycles. The summed E-state index contributed by atoms with van der Waals surface area (Å²) in [5.74, 6) is -2.01. The van der Waals surface area contributed by atoms with Crippen LogP contribution in [0.25, 0.3) is 0 Å². The van der Waals surface area contributed by atoms with Gasteiger partial charge < -0.3 is 24.8 Å². The Bertz CT molecular complexity index is 733. The van der Waals surface area contributed by atoms with Gasteiger partial charge in [0.05, 0.1) is 23.3 Å². The topological polar surface area (TPSA) is 117 Å². The third kappa shape index (κ3) is 4.11. The number of carbonyl (C=O) groups excluding carboxylic acids is 2. The Morgan fingerprint density at radius 2 is 1.85 bits per heavy atom. The number of carbonyl (C=O) groups is 2. The van der Waals surface area contributed by atoms with Gasteiger partial charge in [0.1, 0.15) is 28.9 Å². The molecule has 4 atom stereocenters. The number of epoxide rings is 1. The van der Waals surface area contributed by atoms with E-state index in [0.29, 0.717) is 12.8 Å². The number of phenolic OH excluding ortho intramolecular Hbond substituents is 2. The number of aliphatic hydroxyl groups excluding tert-OH is 1. The minimum absolute atomic E-state index is 0.0264. The number of ketones is 1.